The van der Waals surface area contributed by atoms with Crippen molar-refractivity contribution in [1.82, 2.24) is 14.8 Å². The van der Waals surface area contributed by atoms with Gasteiger partial charge in [0.2, 0.25) is 0 Å². The predicted octanol–water partition coefficient (Wildman–Crippen LogP) is 4.53. The molecule has 0 unspecified atom stereocenters. The van der Waals surface area contributed by atoms with Crippen LogP contribution >= 0.6 is 0 Å². The highest BCUT2D eigenvalue weighted by molar-refractivity contribution is 5.92. The highest BCUT2D eigenvalue weighted by Crippen LogP contribution is 2.43. The van der Waals surface area contributed by atoms with E-state index < -0.39 is 12.1 Å². The number of halogens is 3. The van der Waals surface area contributed by atoms with Crippen LogP contribution in [0.2, 0.25) is 0 Å². The number of carboxylic acids is 1. The molecular formula is C28H35F3N4O4. The minimum absolute atomic E-state index is 0.0261. The Morgan fingerprint density at radius 1 is 1.05 bits per heavy atom. The molecule has 1 aromatic heterocycles. The van der Waals surface area contributed by atoms with Gasteiger partial charge >= 0.3 is 12.1 Å². The number of amides is 1. The third-order valence-electron chi connectivity index (χ3n) is 7.84. The summed E-state index contributed by atoms with van der Waals surface area (Å²) in [6.45, 7) is 9.16. The molecule has 2 aromatic rings. The molecule has 3 N–H and O–H groups in total. The summed E-state index contributed by atoms with van der Waals surface area (Å²) in [5, 5.41) is 7.12. The Balaban J connectivity index is 0.000000448. The predicted molar refractivity (Wildman–Crippen MR) is 139 cm³/mol. The number of aromatic nitrogens is 1. The highest BCUT2D eigenvalue weighted by atomic mass is 19.4. The zero-order valence-electron chi connectivity index (χ0n) is 22.3. The molecular weight excluding hydrogens is 513 g/mol. The van der Waals surface area contributed by atoms with E-state index in [0.717, 1.165) is 57.7 Å². The largest absolute Gasteiger partial charge is 0.490 e. The molecule has 0 atom stereocenters. The van der Waals surface area contributed by atoms with Gasteiger partial charge in [-0.3, -0.25) is 9.69 Å². The number of nitrogen functional groups attached to an aromatic ring is 1. The van der Waals surface area contributed by atoms with Crippen molar-refractivity contribution in [2.75, 3.05) is 31.9 Å². The number of rotatable bonds is 3. The number of benzene rings is 1. The van der Waals surface area contributed by atoms with Crippen molar-refractivity contribution in [3.05, 3.63) is 53.3 Å². The summed E-state index contributed by atoms with van der Waals surface area (Å²) in [4.78, 5) is 30.4. The lowest BCUT2D eigenvalue weighted by Gasteiger charge is -2.47. The number of pyridine rings is 1. The zero-order chi connectivity index (χ0) is 28.4. The van der Waals surface area contributed by atoms with Gasteiger partial charge in [-0.1, -0.05) is 18.2 Å². The number of likely N-dealkylation sites (tertiary alicyclic amines) is 2. The van der Waals surface area contributed by atoms with Crippen LogP contribution < -0.4 is 10.5 Å². The average Bonchev–Trinajstić information content (AvgIpc) is 3.21. The smallest absolute Gasteiger partial charge is 0.487 e. The number of nitrogens with zero attached hydrogens (tertiary/aromatic N) is 3. The molecule has 1 amide bonds. The van der Waals surface area contributed by atoms with Gasteiger partial charge < -0.3 is 20.5 Å². The van der Waals surface area contributed by atoms with E-state index in [2.05, 4.69) is 41.9 Å². The summed E-state index contributed by atoms with van der Waals surface area (Å²) in [5.41, 5.74) is 9.71. The number of carbonyl (C=O) groups excluding carboxylic acids is 1. The van der Waals surface area contributed by atoms with Crippen molar-refractivity contribution in [2.45, 2.75) is 64.3 Å². The van der Waals surface area contributed by atoms with Crippen LogP contribution in [0.3, 0.4) is 0 Å². The number of para-hydroxylation sites is 1. The first-order valence-corrected chi connectivity index (χ1v) is 13.1. The van der Waals surface area contributed by atoms with Crippen LogP contribution in [0.1, 0.15) is 61.1 Å². The Morgan fingerprint density at radius 2 is 1.67 bits per heavy atom. The molecule has 4 heterocycles. The van der Waals surface area contributed by atoms with Gasteiger partial charge in [-0.2, -0.15) is 13.2 Å². The lowest BCUT2D eigenvalue weighted by molar-refractivity contribution is -0.192. The van der Waals surface area contributed by atoms with Crippen LogP contribution in [-0.4, -0.2) is 69.7 Å². The molecule has 1 spiro atoms. The van der Waals surface area contributed by atoms with E-state index in [1.807, 2.05) is 4.90 Å². The van der Waals surface area contributed by atoms with Crippen molar-refractivity contribution in [3.8, 4) is 5.75 Å². The lowest BCUT2D eigenvalue weighted by Crippen LogP contribution is -2.48. The molecule has 8 nitrogen and oxygen atoms in total. The van der Waals surface area contributed by atoms with E-state index in [4.69, 9.17) is 20.4 Å². The van der Waals surface area contributed by atoms with Gasteiger partial charge in [0.15, 0.2) is 0 Å². The summed E-state index contributed by atoms with van der Waals surface area (Å²) in [7, 11) is 0. The van der Waals surface area contributed by atoms with Crippen molar-refractivity contribution in [3.63, 3.8) is 0 Å². The van der Waals surface area contributed by atoms with Crippen LogP contribution in [-0.2, 0) is 17.8 Å². The van der Waals surface area contributed by atoms with Gasteiger partial charge in [0.05, 0.1) is 11.9 Å². The summed E-state index contributed by atoms with van der Waals surface area (Å²) in [5.74, 6) is -1.62. The molecule has 11 heteroatoms. The van der Waals surface area contributed by atoms with E-state index in [-0.39, 0.29) is 11.5 Å². The lowest BCUT2D eigenvalue weighted by atomic mass is 9.71. The van der Waals surface area contributed by atoms with E-state index in [1.165, 1.54) is 24.0 Å². The van der Waals surface area contributed by atoms with Crippen molar-refractivity contribution >= 4 is 17.6 Å². The first-order valence-electron chi connectivity index (χ1n) is 13.1. The molecule has 0 radical (unpaired) electrons. The summed E-state index contributed by atoms with van der Waals surface area (Å²) >= 11 is 0. The molecule has 3 aliphatic heterocycles. The Hall–Kier alpha value is -3.34. The number of nitrogens with two attached hydrogens (primary N) is 1. The number of ether oxygens (including phenoxy) is 1. The van der Waals surface area contributed by atoms with Crippen LogP contribution in [0.15, 0.2) is 36.5 Å². The first-order chi connectivity index (χ1) is 18.3. The minimum atomic E-state index is -5.08. The van der Waals surface area contributed by atoms with E-state index in [0.29, 0.717) is 16.8 Å². The molecule has 39 heavy (non-hydrogen) atoms. The monoisotopic (exact) mass is 548 g/mol. The average molecular weight is 549 g/mol. The maximum absolute atomic E-state index is 12.8. The molecule has 2 fully saturated rings. The SMILES string of the molecule is CC1(C)Cc2cccc(CN3CCC4(CC3)CCN(C(=O)c3ccc(N)cn3)CC4)c2O1.O=C(O)C(F)(F)F. The van der Waals surface area contributed by atoms with Crippen molar-refractivity contribution in [1.29, 1.82) is 0 Å². The quantitative estimate of drug-likeness (QED) is 0.580. The molecule has 0 saturated carbocycles. The third-order valence-corrected chi connectivity index (χ3v) is 7.84. The standard InChI is InChI=1S/C26H34N4O2.C2HF3O2/c1-25(2)16-19-4-3-5-20(23(19)32-25)18-29-12-8-26(9-13-29)10-14-30(15-11-26)24(31)22-7-6-21(27)17-28-22;3-2(4,5)1(6)7/h3-7,17H,8-16,18,27H2,1-2H3;(H,6,7). The van der Waals surface area contributed by atoms with Crippen LogP contribution in [0.25, 0.3) is 0 Å². The fraction of sp³-hybridized carbons (Fsp3) is 0.536. The van der Waals surface area contributed by atoms with Gasteiger partial charge in [0, 0.05) is 31.6 Å². The van der Waals surface area contributed by atoms with Gasteiger partial charge in [0.25, 0.3) is 5.91 Å². The number of carboxylic acid groups (broad SMARTS) is 1. The second-order valence-corrected chi connectivity index (χ2v) is 11.3. The number of hydrogen-bond donors (Lipinski definition) is 2. The summed E-state index contributed by atoms with van der Waals surface area (Å²) in [6.07, 6.45) is 2.04. The summed E-state index contributed by atoms with van der Waals surface area (Å²) in [6, 6.07) is 10.1. The molecule has 212 valence electrons. The highest BCUT2D eigenvalue weighted by Gasteiger charge is 2.40. The number of hydrogen-bond acceptors (Lipinski definition) is 6. The fourth-order valence-corrected chi connectivity index (χ4v) is 5.61. The molecule has 1 aromatic carbocycles. The Labute approximate surface area is 225 Å². The van der Waals surface area contributed by atoms with Crippen LogP contribution in [0.5, 0.6) is 5.75 Å². The van der Waals surface area contributed by atoms with Gasteiger partial charge in [0.1, 0.15) is 17.0 Å². The fourth-order valence-electron chi connectivity index (χ4n) is 5.61. The molecule has 3 aliphatic rings. The molecule has 0 bridgehead atoms. The van der Waals surface area contributed by atoms with Crippen LogP contribution in [0, 0.1) is 5.41 Å². The molecule has 0 aliphatic carbocycles. The maximum atomic E-state index is 12.8. The number of alkyl halides is 3. The maximum Gasteiger partial charge on any atom is 0.490 e. The molecule has 5 rings (SSSR count). The van der Waals surface area contributed by atoms with Crippen LogP contribution in [0.4, 0.5) is 18.9 Å². The van der Waals surface area contributed by atoms with Gasteiger partial charge in [-0.25, -0.2) is 9.78 Å². The second-order valence-electron chi connectivity index (χ2n) is 11.3. The second kappa shape index (κ2) is 11.0. The van der Waals surface area contributed by atoms with E-state index in [9.17, 15) is 18.0 Å². The summed E-state index contributed by atoms with van der Waals surface area (Å²) < 4.78 is 38.0. The molecule has 2 saturated heterocycles. The number of piperidine rings is 2. The number of aliphatic carboxylic acids is 1. The Kier molecular flexibility index (Phi) is 8.11. The number of carbonyl (C=O) groups is 2. The van der Waals surface area contributed by atoms with Gasteiger partial charge in [-0.05, 0) is 75.7 Å². The number of fused-ring (bicyclic) bond motifs is 1. The number of anilines is 1. The van der Waals surface area contributed by atoms with Crippen molar-refractivity contribution in [2.24, 2.45) is 5.41 Å². The zero-order valence-corrected chi connectivity index (χ0v) is 22.3. The first kappa shape index (κ1) is 28.7. The van der Waals surface area contributed by atoms with E-state index in [1.54, 1.807) is 18.3 Å². The Bertz CT molecular complexity index is 1180. The third kappa shape index (κ3) is 7.00. The van der Waals surface area contributed by atoms with Crippen molar-refractivity contribution < 1.29 is 32.6 Å². The minimum Gasteiger partial charge on any atom is -0.487 e. The topological polar surface area (TPSA) is 109 Å². The normalized spacial score (nSPS) is 20.0. The Morgan fingerprint density at radius 3 is 2.23 bits per heavy atom. The van der Waals surface area contributed by atoms with Gasteiger partial charge in [-0.15, -0.1) is 0 Å². The van der Waals surface area contributed by atoms with E-state index >= 15 is 0 Å².